The minimum Gasteiger partial charge on any atom is -0.487 e. The second-order valence-corrected chi connectivity index (χ2v) is 6.59. The van der Waals surface area contributed by atoms with E-state index in [-0.39, 0.29) is 17.7 Å². The maximum atomic E-state index is 9.50. The molecule has 2 aliphatic rings. The van der Waals surface area contributed by atoms with Crippen LogP contribution in [0.5, 0.6) is 5.75 Å². The van der Waals surface area contributed by atoms with Crippen LogP contribution >= 0.6 is 0 Å². The molecule has 1 heterocycles. The van der Waals surface area contributed by atoms with Gasteiger partial charge >= 0.3 is 0 Å². The van der Waals surface area contributed by atoms with E-state index in [1.54, 1.807) is 0 Å². The van der Waals surface area contributed by atoms with Crippen molar-refractivity contribution in [2.75, 3.05) is 6.61 Å². The number of para-hydroxylation sites is 1. The monoisotopic (exact) mass is 261 g/mol. The molecule has 104 valence electrons. The fourth-order valence-corrected chi connectivity index (χ4v) is 3.10. The van der Waals surface area contributed by atoms with E-state index in [0.29, 0.717) is 0 Å². The highest BCUT2D eigenvalue weighted by Crippen LogP contribution is 2.38. The van der Waals surface area contributed by atoms with Crippen LogP contribution in [0.1, 0.15) is 44.2 Å². The van der Waals surface area contributed by atoms with Gasteiger partial charge in [-0.25, -0.2) is 0 Å². The first-order valence-corrected chi connectivity index (χ1v) is 7.19. The number of fused-ring (bicyclic) bond motifs is 1. The molecule has 1 aromatic rings. The number of aliphatic hydroxyl groups excluding tert-OH is 1. The molecule has 2 N–H and O–H groups in total. The summed E-state index contributed by atoms with van der Waals surface area (Å²) in [5, 5.41) is 13.0. The van der Waals surface area contributed by atoms with Gasteiger partial charge in [-0.2, -0.15) is 0 Å². The SMILES string of the molecule is CC1(C)Cc2cccc(CNC3(CO)CCC3)c2O1. The van der Waals surface area contributed by atoms with Crippen molar-refractivity contribution >= 4 is 0 Å². The Balaban J connectivity index is 1.75. The highest BCUT2D eigenvalue weighted by atomic mass is 16.5. The van der Waals surface area contributed by atoms with Crippen LogP contribution in [0, 0.1) is 0 Å². The molecule has 3 nitrogen and oxygen atoms in total. The zero-order chi connectivity index (χ0) is 13.5. The van der Waals surface area contributed by atoms with Crippen molar-refractivity contribution in [2.45, 2.75) is 57.2 Å². The van der Waals surface area contributed by atoms with Crippen LogP contribution < -0.4 is 10.1 Å². The first-order valence-electron chi connectivity index (χ1n) is 7.19. The first kappa shape index (κ1) is 12.9. The van der Waals surface area contributed by atoms with Gasteiger partial charge in [0.1, 0.15) is 11.4 Å². The maximum absolute atomic E-state index is 9.50. The lowest BCUT2D eigenvalue weighted by Gasteiger charge is -2.41. The normalized spacial score (nSPS) is 22.5. The Morgan fingerprint density at radius 3 is 2.74 bits per heavy atom. The van der Waals surface area contributed by atoms with Gasteiger partial charge in [-0.1, -0.05) is 18.2 Å². The summed E-state index contributed by atoms with van der Waals surface area (Å²) in [6.07, 6.45) is 4.33. The minimum atomic E-state index is -0.0937. The zero-order valence-corrected chi connectivity index (χ0v) is 11.8. The van der Waals surface area contributed by atoms with Crippen molar-refractivity contribution in [3.8, 4) is 5.75 Å². The predicted octanol–water partition coefficient (Wildman–Crippen LogP) is 2.40. The number of ether oxygens (including phenoxy) is 1. The smallest absolute Gasteiger partial charge is 0.127 e. The third-order valence-electron chi connectivity index (χ3n) is 4.44. The van der Waals surface area contributed by atoms with Crippen molar-refractivity contribution in [3.63, 3.8) is 0 Å². The summed E-state index contributed by atoms with van der Waals surface area (Å²) in [6, 6.07) is 6.38. The molecule has 1 aromatic carbocycles. The Kier molecular flexibility index (Phi) is 3.06. The van der Waals surface area contributed by atoms with Crippen LogP contribution in [0.15, 0.2) is 18.2 Å². The standard InChI is InChI=1S/C16H23NO2/c1-15(2)9-12-5-3-6-13(14(12)19-15)10-17-16(11-18)7-4-8-16/h3,5-6,17-18H,4,7-11H2,1-2H3. The average molecular weight is 261 g/mol. The number of hydrogen-bond acceptors (Lipinski definition) is 3. The van der Waals surface area contributed by atoms with E-state index in [1.807, 2.05) is 0 Å². The van der Waals surface area contributed by atoms with E-state index in [9.17, 15) is 5.11 Å². The molecule has 1 saturated carbocycles. The van der Waals surface area contributed by atoms with Gasteiger partial charge in [-0.3, -0.25) is 0 Å². The van der Waals surface area contributed by atoms with E-state index in [4.69, 9.17) is 4.74 Å². The lowest BCUT2D eigenvalue weighted by molar-refractivity contribution is 0.0862. The van der Waals surface area contributed by atoms with Gasteiger partial charge < -0.3 is 15.2 Å². The van der Waals surface area contributed by atoms with Crippen LogP contribution in [0.4, 0.5) is 0 Å². The van der Waals surface area contributed by atoms with Gasteiger partial charge in [0.05, 0.1) is 6.61 Å². The van der Waals surface area contributed by atoms with Crippen LogP contribution in [-0.2, 0) is 13.0 Å². The summed E-state index contributed by atoms with van der Waals surface area (Å²) in [5.41, 5.74) is 2.37. The minimum absolute atomic E-state index is 0.0448. The molecule has 0 aromatic heterocycles. The lowest BCUT2D eigenvalue weighted by Crippen LogP contribution is -2.53. The van der Waals surface area contributed by atoms with Crippen molar-refractivity contribution in [1.82, 2.24) is 5.32 Å². The van der Waals surface area contributed by atoms with E-state index in [1.165, 1.54) is 17.5 Å². The summed E-state index contributed by atoms with van der Waals surface area (Å²) < 4.78 is 6.07. The van der Waals surface area contributed by atoms with Gasteiger partial charge in [0.2, 0.25) is 0 Å². The van der Waals surface area contributed by atoms with Gasteiger partial charge in [0.15, 0.2) is 0 Å². The molecule has 0 radical (unpaired) electrons. The van der Waals surface area contributed by atoms with Crippen molar-refractivity contribution in [1.29, 1.82) is 0 Å². The van der Waals surface area contributed by atoms with Crippen molar-refractivity contribution in [3.05, 3.63) is 29.3 Å². The molecule has 3 heteroatoms. The Morgan fingerprint density at radius 2 is 2.11 bits per heavy atom. The third-order valence-corrected chi connectivity index (χ3v) is 4.44. The first-order chi connectivity index (χ1) is 9.04. The molecule has 0 spiro atoms. The molecular weight excluding hydrogens is 238 g/mol. The van der Waals surface area contributed by atoms with E-state index >= 15 is 0 Å². The Bertz CT molecular complexity index is 472. The van der Waals surface area contributed by atoms with E-state index in [2.05, 4.69) is 37.4 Å². The van der Waals surface area contributed by atoms with Gasteiger partial charge in [0, 0.05) is 24.1 Å². The molecule has 19 heavy (non-hydrogen) atoms. The fraction of sp³-hybridized carbons (Fsp3) is 0.625. The summed E-state index contributed by atoms with van der Waals surface area (Å²) in [6.45, 7) is 5.27. The molecule has 0 saturated heterocycles. The molecule has 1 aliphatic carbocycles. The highest BCUT2D eigenvalue weighted by molar-refractivity contribution is 5.45. The maximum Gasteiger partial charge on any atom is 0.127 e. The quantitative estimate of drug-likeness (QED) is 0.874. The van der Waals surface area contributed by atoms with Crippen LogP contribution in [0.2, 0.25) is 0 Å². The summed E-state index contributed by atoms with van der Waals surface area (Å²) in [7, 11) is 0. The lowest BCUT2D eigenvalue weighted by atomic mass is 9.77. The number of benzene rings is 1. The Morgan fingerprint density at radius 1 is 1.32 bits per heavy atom. The highest BCUT2D eigenvalue weighted by Gasteiger charge is 2.36. The molecule has 0 atom stereocenters. The second-order valence-electron chi connectivity index (χ2n) is 6.59. The number of hydrogen-bond donors (Lipinski definition) is 2. The number of nitrogens with one attached hydrogen (secondary N) is 1. The molecule has 1 aliphatic heterocycles. The third kappa shape index (κ3) is 2.37. The molecular formula is C16H23NO2. The van der Waals surface area contributed by atoms with Crippen LogP contribution in [0.3, 0.4) is 0 Å². The van der Waals surface area contributed by atoms with Crippen LogP contribution in [0.25, 0.3) is 0 Å². The Labute approximate surface area is 115 Å². The topological polar surface area (TPSA) is 41.5 Å². The number of rotatable bonds is 4. The Hall–Kier alpha value is -1.06. The average Bonchev–Trinajstić information content (AvgIpc) is 2.63. The fourth-order valence-electron chi connectivity index (χ4n) is 3.10. The van der Waals surface area contributed by atoms with E-state index in [0.717, 1.165) is 31.6 Å². The zero-order valence-electron chi connectivity index (χ0n) is 11.8. The molecule has 0 unspecified atom stereocenters. The van der Waals surface area contributed by atoms with Crippen molar-refractivity contribution in [2.24, 2.45) is 0 Å². The summed E-state index contributed by atoms with van der Waals surface area (Å²) >= 11 is 0. The molecule has 0 bridgehead atoms. The van der Waals surface area contributed by atoms with Gasteiger partial charge in [-0.05, 0) is 38.7 Å². The van der Waals surface area contributed by atoms with E-state index < -0.39 is 0 Å². The summed E-state index contributed by atoms with van der Waals surface area (Å²) in [5.74, 6) is 1.05. The van der Waals surface area contributed by atoms with Crippen molar-refractivity contribution < 1.29 is 9.84 Å². The second kappa shape index (κ2) is 4.50. The predicted molar refractivity (Wildman–Crippen MR) is 75.4 cm³/mol. The molecule has 1 fully saturated rings. The van der Waals surface area contributed by atoms with Crippen LogP contribution in [-0.4, -0.2) is 22.9 Å². The largest absolute Gasteiger partial charge is 0.487 e. The molecule has 0 amide bonds. The summed E-state index contributed by atoms with van der Waals surface area (Å²) in [4.78, 5) is 0. The van der Waals surface area contributed by atoms with Gasteiger partial charge in [-0.15, -0.1) is 0 Å². The molecule has 3 rings (SSSR count). The van der Waals surface area contributed by atoms with Gasteiger partial charge in [0.25, 0.3) is 0 Å². The number of aliphatic hydroxyl groups is 1.